The van der Waals surface area contributed by atoms with E-state index in [1.165, 1.54) is 48.5 Å². The van der Waals surface area contributed by atoms with Gasteiger partial charge in [0.15, 0.2) is 0 Å². The van der Waals surface area contributed by atoms with Gasteiger partial charge in [0.25, 0.3) is 0 Å². The first-order chi connectivity index (χ1) is 12.4. The van der Waals surface area contributed by atoms with Crippen molar-refractivity contribution in [1.29, 1.82) is 0 Å². The van der Waals surface area contributed by atoms with Crippen LogP contribution in [0.4, 0.5) is 0 Å². The normalized spacial score (nSPS) is 18.5. The van der Waals surface area contributed by atoms with E-state index in [0.717, 1.165) is 0 Å². The number of rotatable bonds is 6. The van der Waals surface area contributed by atoms with Crippen LogP contribution in [0.3, 0.4) is 0 Å². The van der Waals surface area contributed by atoms with Crippen molar-refractivity contribution in [2.75, 3.05) is 6.56 Å². The van der Waals surface area contributed by atoms with Crippen molar-refractivity contribution in [1.82, 2.24) is 0 Å². The second kappa shape index (κ2) is 6.35. The molecule has 1 N–H and O–H groups in total. The Hall–Kier alpha value is -2.13. The maximum absolute atomic E-state index is 12.3. The summed E-state index contributed by atoms with van der Waals surface area (Å²) in [5.74, 6) is -1.61. The predicted octanol–water partition coefficient (Wildman–Crippen LogP) is 3.44. The van der Waals surface area contributed by atoms with Crippen LogP contribution in [0.15, 0.2) is 60.7 Å². The van der Waals surface area contributed by atoms with Gasteiger partial charge in [0.2, 0.25) is 5.60 Å². The second-order valence-electron chi connectivity index (χ2n) is 4.05. The minimum Gasteiger partial charge on any atom is -0.479 e. The molecule has 104 valence electrons. The summed E-state index contributed by atoms with van der Waals surface area (Å²) >= 11 is 0. The van der Waals surface area contributed by atoms with E-state index in [2.05, 4.69) is 0 Å². The van der Waals surface area contributed by atoms with Crippen molar-refractivity contribution >= 4 is 5.97 Å². The monoisotopic (exact) mass is 277 g/mol. The molecule has 0 saturated carbocycles. The van der Waals surface area contributed by atoms with Crippen molar-refractivity contribution in [3.63, 3.8) is 0 Å². The maximum Gasteiger partial charge on any atom is 0.345 e. The number of aliphatic carboxylic acids is 1. The van der Waals surface area contributed by atoms with E-state index in [4.69, 9.17) is 14.3 Å². The summed E-state index contributed by atoms with van der Waals surface area (Å²) in [6.07, 6.45) is -3.47. The standard InChI is InChI=1S/C17H18O3/c1-2-13-20-17(16(18)19,14-9-5-3-6-10-14)15-11-7-4-8-12-15/h3-12H,2,13H2,1H3,(H,18,19)/i1D3,2D2,13D2. The largest absolute Gasteiger partial charge is 0.479 e. The SMILES string of the molecule is [2H]C([2H])([2H])C([2H])([2H])C([2H])([2H])OC(C(=O)O)(c1ccccc1)c1ccccc1. The molecule has 0 saturated heterocycles. The Labute approximate surface area is 128 Å². The maximum atomic E-state index is 12.3. The quantitative estimate of drug-likeness (QED) is 0.879. The molecule has 2 aromatic carbocycles. The third kappa shape index (κ3) is 2.58. The number of carboxylic acids is 1. The van der Waals surface area contributed by atoms with E-state index < -0.39 is 31.4 Å². The third-order valence-corrected chi connectivity index (χ3v) is 2.92. The summed E-state index contributed by atoms with van der Waals surface area (Å²) in [5, 5.41) is 10.0. The molecule has 0 bridgehead atoms. The predicted molar refractivity (Wildman–Crippen MR) is 77.5 cm³/mol. The van der Waals surface area contributed by atoms with E-state index in [-0.39, 0.29) is 11.1 Å². The lowest BCUT2D eigenvalue weighted by molar-refractivity contribution is -0.161. The summed E-state index contributed by atoms with van der Waals surface area (Å²) in [5.41, 5.74) is -2.41. The summed E-state index contributed by atoms with van der Waals surface area (Å²) < 4.78 is 58.6. The van der Waals surface area contributed by atoms with Gasteiger partial charge in [0.1, 0.15) is 0 Å². The fourth-order valence-electron chi connectivity index (χ4n) is 2.02. The van der Waals surface area contributed by atoms with Gasteiger partial charge in [-0.2, -0.15) is 0 Å². The molecule has 0 aromatic heterocycles. The van der Waals surface area contributed by atoms with Gasteiger partial charge in [-0.1, -0.05) is 67.5 Å². The lowest BCUT2D eigenvalue weighted by atomic mass is 9.86. The van der Waals surface area contributed by atoms with Crippen LogP contribution in [0.5, 0.6) is 0 Å². The molecular weight excluding hydrogens is 252 g/mol. The van der Waals surface area contributed by atoms with Crippen molar-refractivity contribution in [3.05, 3.63) is 71.8 Å². The van der Waals surface area contributed by atoms with Gasteiger partial charge >= 0.3 is 5.97 Å². The van der Waals surface area contributed by atoms with Gasteiger partial charge in [0, 0.05) is 13.4 Å². The zero-order valence-corrected chi connectivity index (χ0v) is 10.5. The highest BCUT2D eigenvalue weighted by molar-refractivity contribution is 5.84. The Morgan fingerprint density at radius 3 is 2.05 bits per heavy atom. The molecule has 0 aliphatic heterocycles. The number of carboxylic acid groups (broad SMARTS) is 1. The zero-order chi connectivity index (χ0) is 20.5. The topological polar surface area (TPSA) is 46.5 Å². The highest BCUT2D eigenvalue weighted by Crippen LogP contribution is 2.34. The molecule has 0 spiro atoms. The van der Waals surface area contributed by atoms with Gasteiger partial charge in [-0.15, -0.1) is 0 Å². The molecule has 0 atom stereocenters. The average molecular weight is 277 g/mol. The molecule has 0 heterocycles. The Bertz CT molecular complexity index is 750. The lowest BCUT2D eigenvalue weighted by Gasteiger charge is -2.30. The van der Waals surface area contributed by atoms with Crippen LogP contribution in [-0.2, 0) is 15.1 Å². The van der Waals surface area contributed by atoms with Gasteiger partial charge in [-0.05, 0) is 17.5 Å². The fourth-order valence-corrected chi connectivity index (χ4v) is 2.02. The van der Waals surface area contributed by atoms with E-state index in [0.29, 0.717) is 0 Å². The van der Waals surface area contributed by atoms with Gasteiger partial charge < -0.3 is 9.84 Å². The first kappa shape index (κ1) is 7.60. The molecule has 3 heteroatoms. The van der Waals surface area contributed by atoms with Gasteiger partial charge in [-0.3, -0.25) is 0 Å². The minimum absolute atomic E-state index is 0.0221. The number of carbonyl (C=O) groups is 1. The van der Waals surface area contributed by atoms with Crippen LogP contribution in [0.25, 0.3) is 0 Å². The molecule has 20 heavy (non-hydrogen) atoms. The first-order valence-electron chi connectivity index (χ1n) is 9.41. The first-order valence-corrected chi connectivity index (χ1v) is 5.91. The highest BCUT2D eigenvalue weighted by Gasteiger charge is 2.43. The van der Waals surface area contributed by atoms with Crippen molar-refractivity contribution < 1.29 is 24.2 Å². The Balaban J connectivity index is 2.73. The Kier molecular flexibility index (Phi) is 2.41. The van der Waals surface area contributed by atoms with Crippen molar-refractivity contribution in [2.24, 2.45) is 0 Å². The van der Waals surface area contributed by atoms with Gasteiger partial charge in [0.05, 0.1) is 2.74 Å². The molecule has 2 aromatic rings. The number of hydrogen-bond donors (Lipinski definition) is 1. The van der Waals surface area contributed by atoms with Crippen LogP contribution in [-0.4, -0.2) is 17.6 Å². The molecule has 0 radical (unpaired) electrons. The van der Waals surface area contributed by atoms with Crippen LogP contribution in [0, 0.1) is 0 Å². The molecule has 0 fully saturated rings. The minimum atomic E-state index is -3.47. The zero-order valence-electron chi connectivity index (χ0n) is 17.5. The molecule has 2 rings (SSSR count). The molecular formula is C17H18O3. The van der Waals surface area contributed by atoms with Crippen LogP contribution in [0.2, 0.25) is 0 Å². The summed E-state index contributed by atoms with van der Waals surface area (Å²) in [4.78, 5) is 12.3. The smallest absolute Gasteiger partial charge is 0.345 e. The van der Waals surface area contributed by atoms with E-state index in [1.54, 1.807) is 12.1 Å². The Morgan fingerprint density at radius 1 is 1.15 bits per heavy atom. The number of benzene rings is 2. The summed E-state index contributed by atoms with van der Waals surface area (Å²) in [7, 11) is 0. The summed E-state index contributed by atoms with van der Waals surface area (Å²) in [6.45, 7) is -6.84. The van der Waals surface area contributed by atoms with Crippen LogP contribution < -0.4 is 0 Å². The fraction of sp³-hybridized carbons (Fsp3) is 0.235. The lowest BCUT2D eigenvalue weighted by Crippen LogP contribution is -2.40. The van der Waals surface area contributed by atoms with Crippen LogP contribution in [0.1, 0.15) is 33.9 Å². The van der Waals surface area contributed by atoms with E-state index >= 15 is 0 Å². The van der Waals surface area contributed by atoms with Crippen molar-refractivity contribution in [2.45, 2.75) is 18.8 Å². The molecule has 0 aliphatic carbocycles. The van der Waals surface area contributed by atoms with Crippen molar-refractivity contribution in [3.8, 4) is 0 Å². The third-order valence-electron chi connectivity index (χ3n) is 2.92. The van der Waals surface area contributed by atoms with E-state index in [9.17, 15) is 9.90 Å². The average Bonchev–Trinajstić information content (AvgIpc) is 2.60. The molecule has 0 aliphatic rings. The Morgan fingerprint density at radius 2 is 1.65 bits per heavy atom. The number of ether oxygens (including phenoxy) is 1. The summed E-state index contributed by atoms with van der Waals surface area (Å²) in [6, 6.07) is 14.9. The van der Waals surface area contributed by atoms with Crippen LogP contribution >= 0.6 is 0 Å². The second-order valence-corrected chi connectivity index (χ2v) is 4.05. The van der Waals surface area contributed by atoms with Gasteiger partial charge in [-0.25, -0.2) is 4.79 Å². The highest BCUT2D eigenvalue weighted by atomic mass is 16.5. The van der Waals surface area contributed by atoms with E-state index in [1.807, 2.05) is 0 Å². The molecule has 0 unspecified atom stereocenters. The molecule has 3 nitrogen and oxygen atoms in total. The molecule has 0 amide bonds. The number of hydrogen-bond acceptors (Lipinski definition) is 2.